The van der Waals surface area contributed by atoms with Crippen LogP contribution in [0.15, 0.2) is 6.07 Å². The quantitative estimate of drug-likeness (QED) is 0.647. The van der Waals surface area contributed by atoms with Crippen LogP contribution in [-0.2, 0) is 0 Å². The lowest BCUT2D eigenvalue weighted by molar-refractivity contribution is 0.385. The number of halogens is 1. The second-order valence-corrected chi connectivity index (χ2v) is 5.16. The van der Waals surface area contributed by atoms with Crippen molar-refractivity contribution < 1.29 is 0 Å². The molecule has 0 amide bonds. The van der Waals surface area contributed by atoms with Crippen molar-refractivity contribution in [2.45, 2.75) is 12.6 Å². The zero-order chi connectivity index (χ0) is 10.3. The first-order chi connectivity index (χ1) is 7.34. The molecule has 0 atom stereocenters. The normalized spacial score (nSPS) is 20.5. The second kappa shape index (κ2) is 3.74. The third-order valence-electron chi connectivity index (χ3n) is 2.60. The Kier molecular flexibility index (Phi) is 2.39. The summed E-state index contributed by atoms with van der Waals surface area (Å²) in [7, 11) is 0. The smallest absolute Gasteiger partial charge is 0.297 e. The minimum absolute atomic E-state index is 0.272. The molecule has 3 nitrogen and oxygen atoms in total. The van der Waals surface area contributed by atoms with E-state index >= 15 is 0 Å². The van der Waals surface area contributed by atoms with E-state index in [1.807, 2.05) is 0 Å². The van der Waals surface area contributed by atoms with E-state index in [2.05, 4.69) is 21.4 Å². The third-order valence-corrected chi connectivity index (χ3v) is 4.22. The summed E-state index contributed by atoms with van der Waals surface area (Å²) < 4.78 is 5.35. The van der Waals surface area contributed by atoms with Crippen molar-refractivity contribution in [2.24, 2.45) is 0 Å². The van der Waals surface area contributed by atoms with Crippen LogP contribution in [0.4, 0.5) is 0 Å². The largest absolute Gasteiger partial charge is 0.347 e. The van der Waals surface area contributed by atoms with E-state index in [-0.39, 0.29) is 6.17 Å². The minimum Gasteiger partial charge on any atom is -0.297 e. The number of nitrogens with one attached hydrogen (secondary N) is 2. The standard InChI is InChI=1S/C10H11ClN3S/c11-6-5-14-7-4-8(15-9(6)7)10-12-2-1-3-13-10/h4-5,10,12-13H,1-3H2/q+1. The highest BCUT2D eigenvalue weighted by Gasteiger charge is 2.21. The highest BCUT2D eigenvalue weighted by atomic mass is 35.5. The van der Waals surface area contributed by atoms with Crippen LogP contribution in [0.5, 0.6) is 0 Å². The second-order valence-electron chi connectivity index (χ2n) is 3.66. The zero-order valence-electron chi connectivity index (χ0n) is 8.09. The van der Waals surface area contributed by atoms with Gasteiger partial charge in [0.05, 0.1) is 6.17 Å². The Morgan fingerprint density at radius 1 is 1.40 bits per heavy atom. The SMILES string of the molecule is ClC1=c2sc(C3NCCCN3)cc2=[N+]=C1. The van der Waals surface area contributed by atoms with Crippen LogP contribution in [0.2, 0.25) is 0 Å². The van der Waals surface area contributed by atoms with E-state index in [4.69, 9.17) is 11.6 Å². The fourth-order valence-corrected chi connectivity index (χ4v) is 3.17. The summed E-state index contributed by atoms with van der Waals surface area (Å²) in [6.45, 7) is 2.14. The van der Waals surface area contributed by atoms with Crippen LogP contribution in [0.3, 0.4) is 0 Å². The van der Waals surface area contributed by atoms with Crippen molar-refractivity contribution in [2.75, 3.05) is 13.1 Å². The van der Waals surface area contributed by atoms with Gasteiger partial charge in [0.2, 0.25) is 0 Å². The monoisotopic (exact) mass is 240 g/mol. The maximum absolute atomic E-state index is 6.03. The van der Waals surface area contributed by atoms with E-state index in [1.54, 1.807) is 17.6 Å². The molecule has 1 saturated heterocycles. The molecule has 0 radical (unpaired) electrons. The molecule has 0 unspecified atom stereocenters. The highest BCUT2D eigenvalue weighted by Crippen LogP contribution is 2.14. The van der Waals surface area contributed by atoms with Crippen LogP contribution in [0, 0.1) is 0 Å². The fourth-order valence-electron chi connectivity index (χ4n) is 1.85. The van der Waals surface area contributed by atoms with Crippen molar-refractivity contribution in [3.63, 3.8) is 0 Å². The van der Waals surface area contributed by atoms with Gasteiger partial charge in [-0.3, -0.25) is 10.6 Å². The molecule has 2 N–H and O–H groups in total. The molecule has 3 heterocycles. The Bertz CT molecular complexity index is 536. The van der Waals surface area contributed by atoms with Crippen molar-refractivity contribution in [3.05, 3.63) is 20.8 Å². The molecule has 2 aliphatic rings. The van der Waals surface area contributed by atoms with Gasteiger partial charge in [-0.1, -0.05) is 16.3 Å². The van der Waals surface area contributed by atoms with Gasteiger partial charge in [0.25, 0.3) is 0 Å². The molecular formula is C10H11ClN3S+. The lowest BCUT2D eigenvalue weighted by atomic mass is 10.2. The van der Waals surface area contributed by atoms with Crippen LogP contribution >= 0.6 is 22.9 Å². The number of hydrogen-bond donors (Lipinski definition) is 2. The predicted molar refractivity (Wildman–Crippen MR) is 63.5 cm³/mol. The highest BCUT2D eigenvalue weighted by molar-refractivity contribution is 7.10. The Hall–Kier alpha value is -0.640. The molecule has 0 aliphatic carbocycles. The van der Waals surface area contributed by atoms with E-state index in [9.17, 15) is 0 Å². The Balaban J connectivity index is 2.01. The Labute approximate surface area is 96.2 Å². The first-order valence-corrected chi connectivity index (χ1v) is 6.21. The van der Waals surface area contributed by atoms with E-state index in [0.717, 1.165) is 28.0 Å². The van der Waals surface area contributed by atoms with Crippen LogP contribution in [0.25, 0.3) is 5.03 Å². The van der Waals surface area contributed by atoms with E-state index < -0.39 is 0 Å². The Morgan fingerprint density at radius 2 is 2.20 bits per heavy atom. The molecule has 5 heteroatoms. The maximum Gasteiger partial charge on any atom is 0.347 e. The number of fused-ring (bicyclic) bond motifs is 1. The molecule has 78 valence electrons. The predicted octanol–water partition coefficient (Wildman–Crippen LogP) is -0.552. The van der Waals surface area contributed by atoms with E-state index in [1.165, 1.54) is 11.3 Å². The lowest BCUT2D eigenvalue weighted by Gasteiger charge is -2.23. The summed E-state index contributed by atoms with van der Waals surface area (Å²) in [5.74, 6) is 0. The molecule has 0 bridgehead atoms. The van der Waals surface area contributed by atoms with Gasteiger partial charge in [0.15, 0.2) is 0 Å². The summed E-state index contributed by atoms with van der Waals surface area (Å²) in [4.78, 5) is 1.27. The van der Waals surface area contributed by atoms with Crippen LogP contribution in [-0.4, -0.2) is 19.3 Å². The molecule has 3 rings (SSSR count). The van der Waals surface area contributed by atoms with Gasteiger partial charge in [-0.05, 0) is 19.5 Å². The van der Waals surface area contributed by atoms with Gasteiger partial charge in [-0.25, -0.2) is 0 Å². The number of hydrogen-bond acceptors (Lipinski definition) is 3. The van der Waals surface area contributed by atoms with Crippen LogP contribution in [0.1, 0.15) is 17.5 Å². The molecule has 1 aromatic rings. The summed E-state index contributed by atoms with van der Waals surface area (Å²) in [6.07, 6.45) is 3.18. The van der Waals surface area contributed by atoms with Gasteiger partial charge in [-0.2, -0.15) is 0 Å². The maximum atomic E-state index is 6.03. The average molecular weight is 241 g/mol. The number of nitrogens with zero attached hydrogens (tertiary/aromatic N) is 1. The van der Waals surface area contributed by atoms with Crippen molar-refractivity contribution in [3.8, 4) is 0 Å². The van der Waals surface area contributed by atoms with E-state index in [0.29, 0.717) is 0 Å². The van der Waals surface area contributed by atoms with Gasteiger partial charge >= 0.3 is 11.6 Å². The number of thiophene rings is 1. The summed E-state index contributed by atoms with van der Waals surface area (Å²) in [5.41, 5.74) is 0. The van der Waals surface area contributed by atoms with Gasteiger partial charge in [-0.15, -0.1) is 11.3 Å². The molecule has 0 spiro atoms. The van der Waals surface area contributed by atoms with Crippen LogP contribution < -0.4 is 25.2 Å². The Morgan fingerprint density at radius 3 is 2.93 bits per heavy atom. The first kappa shape index (κ1) is 9.58. The fraction of sp³-hybridized carbons (Fsp3) is 0.400. The third kappa shape index (κ3) is 1.65. The molecule has 0 saturated carbocycles. The molecular weight excluding hydrogens is 230 g/mol. The van der Waals surface area contributed by atoms with Gasteiger partial charge in [0.1, 0.15) is 9.56 Å². The summed E-state index contributed by atoms with van der Waals surface area (Å²) in [5, 5.41) is 8.64. The molecule has 1 aromatic heterocycles. The molecule has 15 heavy (non-hydrogen) atoms. The molecule has 1 fully saturated rings. The number of rotatable bonds is 1. The molecule has 2 aliphatic heterocycles. The minimum atomic E-state index is 0.272. The topological polar surface area (TPSA) is 38.2 Å². The average Bonchev–Trinajstić information content (AvgIpc) is 2.83. The van der Waals surface area contributed by atoms with Crippen molar-refractivity contribution >= 4 is 34.2 Å². The van der Waals surface area contributed by atoms with Crippen molar-refractivity contribution in [1.29, 1.82) is 0 Å². The first-order valence-electron chi connectivity index (χ1n) is 5.02. The lowest BCUT2D eigenvalue weighted by Crippen LogP contribution is -2.40. The summed E-state index contributed by atoms with van der Waals surface area (Å²) >= 11 is 7.75. The molecule has 0 aromatic carbocycles. The van der Waals surface area contributed by atoms with Gasteiger partial charge < -0.3 is 0 Å². The van der Waals surface area contributed by atoms with Gasteiger partial charge in [0, 0.05) is 10.9 Å². The summed E-state index contributed by atoms with van der Waals surface area (Å²) in [6, 6.07) is 2.11. The zero-order valence-corrected chi connectivity index (χ0v) is 9.66. The van der Waals surface area contributed by atoms with Crippen molar-refractivity contribution in [1.82, 2.24) is 15.3 Å².